The molecule has 0 aliphatic heterocycles. The molecular weight excluding hydrogens is 302 g/mol. The fourth-order valence-corrected chi connectivity index (χ4v) is 2.37. The van der Waals surface area contributed by atoms with Gasteiger partial charge in [-0.1, -0.05) is 28.1 Å². The van der Waals surface area contributed by atoms with Crippen molar-refractivity contribution in [1.82, 2.24) is 15.1 Å². The molecule has 0 aliphatic carbocycles. The fraction of sp³-hybridized carbons (Fsp3) is 0.400. The Balaban J connectivity index is 1.72. The summed E-state index contributed by atoms with van der Waals surface area (Å²) in [6.07, 6.45) is 6.08. The first kappa shape index (κ1) is 14.3. The molecule has 0 fully saturated rings. The van der Waals surface area contributed by atoms with E-state index < -0.39 is 0 Å². The number of hydrogen-bond acceptors (Lipinski definition) is 2. The van der Waals surface area contributed by atoms with Crippen LogP contribution in [-0.4, -0.2) is 22.4 Å². The van der Waals surface area contributed by atoms with Crippen molar-refractivity contribution in [2.75, 3.05) is 6.54 Å². The van der Waals surface area contributed by atoms with Gasteiger partial charge in [-0.2, -0.15) is 5.10 Å². The topological polar surface area (TPSA) is 29.9 Å². The highest BCUT2D eigenvalue weighted by Crippen LogP contribution is 2.11. The van der Waals surface area contributed by atoms with Gasteiger partial charge >= 0.3 is 0 Å². The van der Waals surface area contributed by atoms with E-state index in [0.29, 0.717) is 6.04 Å². The molecule has 4 heteroatoms. The predicted octanol–water partition coefficient (Wildman–Crippen LogP) is 2.95. The van der Waals surface area contributed by atoms with E-state index in [1.54, 1.807) is 0 Å². The van der Waals surface area contributed by atoms with Gasteiger partial charge in [0, 0.05) is 23.8 Å². The van der Waals surface area contributed by atoms with E-state index in [4.69, 9.17) is 0 Å². The van der Waals surface area contributed by atoms with Gasteiger partial charge < -0.3 is 5.32 Å². The van der Waals surface area contributed by atoms with Crippen molar-refractivity contribution in [3.05, 3.63) is 52.3 Å². The molecule has 1 heterocycles. The normalized spacial score (nSPS) is 12.6. The molecule has 0 aliphatic rings. The van der Waals surface area contributed by atoms with E-state index in [1.165, 1.54) is 11.1 Å². The summed E-state index contributed by atoms with van der Waals surface area (Å²) in [6, 6.07) is 9.01. The van der Waals surface area contributed by atoms with Gasteiger partial charge in [0.2, 0.25) is 0 Å². The smallest absolute Gasteiger partial charge is 0.0522 e. The van der Waals surface area contributed by atoms with Crippen molar-refractivity contribution in [1.29, 1.82) is 0 Å². The Bertz CT molecular complexity index is 504. The summed E-state index contributed by atoms with van der Waals surface area (Å²) >= 11 is 3.46. The Morgan fingerprint density at radius 3 is 2.63 bits per heavy atom. The molecule has 1 atom stereocenters. The van der Waals surface area contributed by atoms with Crippen LogP contribution < -0.4 is 5.32 Å². The number of nitrogens with one attached hydrogen (secondary N) is 1. The second-order valence-corrected chi connectivity index (χ2v) is 5.87. The summed E-state index contributed by atoms with van der Waals surface area (Å²) in [5, 5.41) is 7.73. The van der Waals surface area contributed by atoms with Gasteiger partial charge in [0.15, 0.2) is 0 Å². The van der Waals surface area contributed by atoms with Gasteiger partial charge in [-0.15, -0.1) is 0 Å². The Labute approximate surface area is 123 Å². The number of aromatic nitrogens is 2. The minimum Gasteiger partial charge on any atom is -0.314 e. The maximum Gasteiger partial charge on any atom is 0.0522 e. The molecule has 19 heavy (non-hydrogen) atoms. The van der Waals surface area contributed by atoms with E-state index >= 15 is 0 Å². The lowest BCUT2D eigenvalue weighted by molar-refractivity contribution is 0.548. The number of aryl methyl sites for hydroxylation is 1. The van der Waals surface area contributed by atoms with Crippen LogP contribution >= 0.6 is 15.9 Å². The van der Waals surface area contributed by atoms with Gasteiger partial charge in [-0.3, -0.25) is 4.68 Å². The lowest BCUT2D eigenvalue weighted by atomic mass is 10.1. The van der Waals surface area contributed by atoms with Crippen LogP contribution in [0.5, 0.6) is 0 Å². The largest absolute Gasteiger partial charge is 0.314 e. The number of rotatable bonds is 6. The molecule has 3 nitrogen and oxygen atoms in total. The summed E-state index contributed by atoms with van der Waals surface area (Å²) in [6.45, 7) is 3.22. The van der Waals surface area contributed by atoms with Crippen molar-refractivity contribution >= 4 is 15.9 Å². The summed E-state index contributed by atoms with van der Waals surface area (Å²) < 4.78 is 2.98. The van der Waals surface area contributed by atoms with Crippen LogP contribution in [0.2, 0.25) is 0 Å². The number of halogens is 1. The Kier molecular flexibility index (Phi) is 5.16. The average molecular weight is 322 g/mol. The van der Waals surface area contributed by atoms with Crippen molar-refractivity contribution < 1.29 is 0 Å². The molecular formula is C15H20BrN3. The minimum absolute atomic E-state index is 0.484. The van der Waals surface area contributed by atoms with Crippen LogP contribution in [0.1, 0.15) is 18.1 Å². The first-order chi connectivity index (χ1) is 9.13. The molecule has 1 aromatic carbocycles. The molecule has 1 N–H and O–H groups in total. The summed E-state index contributed by atoms with van der Waals surface area (Å²) in [5.74, 6) is 0. The van der Waals surface area contributed by atoms with Crippen LogP contribution in [0.25, 0.3) is 0 Å². The van der Waals surface area contributed by atoms with Gasteiger partial charge in [0.1, 0.15) is 0 Å². The molecule has 0 spiro atoms. The summed E-state index contributed by atoms with van der Waals surface area (Å²) in [4.78, 5) is 0. The Morgan fingerprint density at radius 1 is 1.26 bits per heavy atom. The van der Waals surface area contributed by atoms with Gasteiger partial charge in [-0.25, -0.2) is 0 Å². The Morgan fingerprint density at radius 2 is 2.00 bits per heavy atom. The molecule has 2 rings (SSSR count). The average Bonchev–Trinajstić information content (AvgIpc) is 2.78. The van der Waals surface area contributed by atoms with E-state index in [2.05, 4.69) is 63.7 Å². The van der Waals surface area contributed by atoms with Gasteiger partial charge in [0.05, 0.1) is 6.20 Å². The maximum atomic E-state index is 4.17. The van der Waals surface area contributed by atoms with Crippen LogP contribution in [-0.2, 0) is 19.9 Å². The Hall–Kier alpha value is -1.13. The minimum atomic E-state index is 0.484. The second kappa shape index (κ2) is 6.87. The molecule has 2 aromatic rings. The zero-order valence-corrected chi connectivity index (χ0v) is 13.0. The first-order valence-corrected chi connectivity index (χ1v) is 7.38. The second-order valence-electron chi connectivity index (χ2n) is 4.96. The zero-order chi connectivity index (χ0) is 13.7. The van der Waals surface area contributed by atoms with Crippen molar-refractivity contribution in [3.8, 4) is 0 Å². The van der Waals surface area contributed by atoms with E-state index in [-0.39, 0.29) is 0 Å². The number of benzene rings is 1. The summed E-state index contributed by atoms with van der Waals surface area (Å²) in [7, 11) is 1.95. The highest BCUT2D eigenvalue weighted by molar-refractivity contribution is 9.10. The lowest BCUT2D eigenvalue weighted by Crippen LogP contribution is -2.29. The maximum absolute atomic E-state index is 4.17. The molecule has 1 aromatic heterocycles. The monoisotopic (exact) mass is 321 g/mol. The van der Waals surface area contributed by atoms with E-state index in [0.717, 1.165) is 23.9 Å². The number of nitrogens with zero attached hydrogens (tertiary/aromatic N) is 2. The molecule has 0 saturated carbocycles. The van der Waals surface area contributed by atoms with Crippen LogP contribution in [0.15, 0.2) is 41.1 Å². The molecule has 0 saturated heterocycles. The highest BCUT2D eigenvalue weighted by Gasteiger charge is 2.03. The van der Waals surface area contributed by atoms with Crippen LogP contribution in [0, 0.1) is 0 Å². The SMILES string of the molecule is CC(Cc1ccc(Br)cc1)NCCc1cnn(C)c1. The van der Waals surface area contributed by atoms with Crippen molar-refractivity contribution in [2.24, 2.45) is 7.05 Å². The standard InChI is InChI=1S/C15H20BrN3/c1-12(9-13-3-5-15(16)6-4-13)17-8-7-14-10-18-19(2)11-14/h3-6,10-12,17H,7-9H2,1-2H3. The van der Waals surface area contributed by atoms with Gasteiger partial charge in [-0.05, 0) is 49.6 Å². The summed E-state index contributed by atoms with van der Waals surface area (Å²) in [5.41, 5.74) is 2.65. The third kappa shape index (κ3) is 4.80. The third-order valence-electron chi connectivity index (χ3n) is 3.12. The number of hydrogen-bond donors (Lipinski definition) is 1. The zero-order valence-electron chi connectivity index (χ0n) is 11.4. The molecule has 0 amide bonds. The molecule has 0 bridgehead atoms. The quantitative estimate of drug-likeness (QED) is 0.886. The van der Waals surface area contributed by atoms with Crippen LogP contribution in [0.3, 0.4) is 0 Å². The van der Waals surface area contributed by atoms with Gasteiger partial charge in [0.25, 0.3) is 0 Å². The van der Waals surface area contributed by atoms with Crippen LogP contribution in [0.4, 0.5) is 0 Å². The molecule has 1 unspecified atom stereocenters. The molecule has 102 valence electrons. The third-order valence-corrected chi connectivity index (χ3v) is 3.65. The van der Waals surface area contributed by atoms with Crippen molar-refractivity contribution in [2.45, 2.75) is 25.8 Å². The first-order valence-electron chi connectivity index (χ1n) is 6.59. The molecule has 0 radical (unpaired) electrons. The van der Waals surface area contributed by atoms with E-state index in [9.17, 15) is 0 Å². The van der Waals surface area contributed by atoms with Crippen molar-refractivity contribution in [3.63, 3.8) is 0 Å². The highest BCUT2D eigenvalue weighted by atomic mass is 79.9. The lowest BCUT2D eigenvalue weighted by Gasteiger charge is -2.13. The fourth-order valence-electron chi connectivity index (χ4n) is 2.11. The van der Waals surface area contributed by atoms with E-state index in [1.807, 2.05) is 17.9 Å². The predicted molar refractivity (Wildman–Crippen MR) is 82.2 cm³/mol.